The van der Waals surface area contributed by atoms with Crippen molar-refractivity contribution in [3.05, 3.63) is 34.3 Å². The first-order valence-corrected chi connectivity index (χ1v) is 7.65. The van der Waals surface area contributed by atoms with Gasteiger partial charge in [-0.2, -0.15) is 0 Å². The van der Waals surface area contributed by atoms with Crippen LogP contribution in [0.3, 0.4) is 0 Å². The number of aliphatic hydroxyl groups is 1. The van der Waals surface area contributed by atoms with E-state index in [4.69, 9.17) is 5.11 Å². The van der Waals surface area contributed by atoms with E-state index in [2.05, 4.69) is 15.9 Å². The summed E-state index contributed by atoms with van der Waals surface area (Å²) >= 11 is 3.44. The number of aryl methyl sites for hydroxylation is 1. The highest BCUT2D eigenvalue weighted by Crippen LogP contribution is 2.25. The van der Waals surface area contributed by atoms with E-state index in [0.717, 1.165) is 23.7 Å². The van der Waals surface area contributed by atoms with Crippen molar-refractivity contribution in [2.75, 3.05) is 13.2 Å². The van der Waals surface area contributed by atoms with E-state index in [1.807, 2.05) is 29.2 Å². The lowest BCUT2D eigenvalue weighted by molar-refractivity contribution is -0.135. The topological polar surface area (TPSA) is 40.5 Å². The second-order valence-electron chi connectivity index (χ2n) is 5.03. The quantitative estimate of drug-likeness (QED) is 0.873. The van der Waals surface area contributed by atoms with Crippen LogP contribution >= 0.6 is 15.9 Å². The Morgan fingerprint density at radius 1 is 1.42 bits per heavy atom. The molecule has 1 aliphatic carbocycles. The first-order chi connectivity index (χ1) is 9.20. The van der Waals surface area contributed by atoms with Gasteiger partial charge in [0.05, 0.1) is 6.61 Å². The molecule has 1 amide bonds. The van der Waals surface area contributed by atoms with E-state index in [-0.39, 0.29) is 12.5 Å². The van der Waals surface area contributed by atoms with E-state index in [0.29, 0.717) is 19.0 Å². The first-order valence-electron chi connectivity index (χ1n) is 6.85. The molecule has 1 aromatic carbocycles. The van der Waals surface area contributed by atoms with Gasteiger partial charge in [0, 0.05) is 23.5 Å². The maximum Gasteiger partial charge on any atom is 0.223 e. The van der Waals surface area contributed by atoms with Crippen molar-refractivity contribution in [2.45, 2.75) is 38.1 Å². The van der Waals surface area contributed by atoms with E-state index >= 15 is 0 Å². The zero-order valence-electron chi connectivity index (χ0n) is 11.0. The van der Waals surface area contributed by atoms with Gasteiger partial charge in [-0.25, -0.2) is 0 Å². The summed E-state index contributed by atoms with van der Waals surface area (Å²) in [5.41, 5.74) is 1.17. The molecule has 0 radical (unpaired) electrons. The lowest BCUT2D eigenvalue weighted by Crippen LogP contribution is -2.45. The minimum absolute atomic E-state index is 0.0547. The molecule has 0 bridgehead atoms. The van der Waals surface area contributed by atoms with E-state index in [1.165, 1.54) is 12.0 Å². The van der Waals surface area contributed by atoms with Gasteiger partial charge in [-0.05, 0) is 43.4 Å². The SMILES string of the molecule is O=C(CCc1cccc(Br)c1)N(CCO)C1CCC1. The number of aliphatic hydroxyl groups excluding tert-OH is 1. The molecule has 4 heteroatoms. The molecule has 0 heterocycles. The van der Waals surface area contributed by atoms with E-state index in [9.17, 15) is 4.79 Å². The number of halogens is 1. The molecule has 1 saturated carbocycles. The van der Waals surface area contributed by atoms with Gasteiger partial charge in [-0.15, -0.1) is 0 Å². The summed E-state index contributed by atoms with van der Waals surface area (Å²) in [6, 6.07) is 8.42. The van der Waals surface area contributed by atoms with Crippen LogP contribution in [-0.2, 0) is 11.2 Å². The number of benzene rings is 1. The molecule has 0 unspecified atom stereocenters. The molecule has 0 atom stereocenters. The maximum absolute atomic E-state index is 12.2. The number of hydrogen-bond donors (Lipinski definition) is 1. The largest absolute Gasteiger partial charge is 0.395 e. The Kier molecular flexibility index (Phi) is 5.40. The van der Waals surface area contributed by atoms with Crippen LogP contribution in [0.2, 0.25) is 0 Å². The Hall–Kier alpha value is -0.870. The summed E-state index contributed by atoms with van der Waals surface area (Å²) in [5, 5.41) is 9.08. The molecule has 2 rings (SSSR count). The average Bonchev–Trinajstić information content (AvgIpc) is 2.33. The molecule has 1 N–H and O–H groups in total. The van der Waals surface area contributed by atoms with E-state index < -0.39 is 0 Å². The van der Waals surface area contributed by atoms with Gasteiger partial charge >= 0.3 is 0 Å². The highest BCUT2D eigenvalue weighted by Gasteiger charge is 2.27. The fraction of sp³-hybridized carbons (Fsp3) is 0.533. The Morgan fingerprint density at radius 3 is 2.79 bits per heavy atom. The third kappa shape index (κ3) is 4.05. The standard InChI is InChI=1S/C15H20BrNO2/c16-13-4-1-3-12(11-13)7-8-15(19)17(9-10-18)14-5-2-6-14/h1,3-4,11,14,18H,2,5-10H2. The number of hydrogen-bond acceptors (Lipinski definition) is 2. The molecule has 0 spiro atoms. The molecule has 1 fully saturated rings. The summed E-state index contributed by atoms with van der Waals surface area (Å²) in [6.07, 6.45) is 4.65. The number of carbonyl (C=O) groups excluding carboxylic acids is 1. The third-order valence-corrected chi connectivity index (χ3v) is 4.19. The van der Waals surface area contributed by atoms with Crippen molar-refractivity contribution in [1.82, 2.24) is 4.90 Å². The normalized spacial score (nSPS) is 15.1. The van der Waals surface area contributed by atoms with Crippen LogP contribution in [0.4, 0.5) is 0 Å². The van der Waals surface area contributed by atoms with Gasteiger partial charge in [0.1, 0.15) is 0 Å². The molecule has 0 aromatic heterocycles. The fourth-order valence-corrected chi connectivity index (χ4v) is 2.85. The second kappa shape index (κ2) is 7.06. The molecule has 19 heavy (non-hydrogen) atoms. The van der Waals surface area contributed by atoms with Crippen LogP contribution in [0, 0.1) is 0 Å². The van der Waals surface area contributed by atoms with Crippen molar-refractivity contribution in [3.8, 4) is 0 Å². The number of rotatable bonds is 6. The summed E-state index contributed by atoms with van der Waals surface area (Å²) in [6.45, 7) is 0.529. The number of nitrogens with zero attached hydrogens (tertiary/aromatic N) is 1. The van der Waals surface area contributed by atoms with Gasteiger partial charge in [-0.1, -0.05) is 28.1 Å². The van der Waals surface area contributed by atoms with Crippen LogP contribution in [0.5, 0.6) is 0 Å². The van der Waals surface area contributed by atoms with Crippen molar-refractivity contribution in [2.24, 2.45) is 0 Å². The Morgan fingerprint density at radius 2 is 2.21 bits per heavy atom. The highest BCUT2D eigenvalue weighted by atomic mass is 79.9. The zero-order valence-corrected chi connectivity index (χ0v) is 12.6. The molecule has 3 nitrogen and oxygen atoms in total. The van der Waals surface area contributed by atoms with Crippen molar-refractivity contribution < 1.29 is 9.90 Å². The first kappa shape index (κ1) is 14.5. The monoisotopic (exact) mass is 325 g/mol. The molecule has 1 aromatic rings. The zero-order chi connectivity index (χ0) is 13.7. The number of amides is 1. The van der Waals surface area contributed by atoms with Crippen LogP contribution in [-0.4, -0.2) is 35.1 Å². The highest BCUT2D eigenvalue weighted by molar-refractivity contribution is 9.10. The number of carbonyl (C=O) groups is 1. The second-order valence-corrected chi connectivity index (χ2v) is 5.94. The molecule has 1 aliphatic rings. The molecular formula is C15H20BrNO2. The van der Waals surface area contributed by atoms with Crippen LogP contribution in [0.1, 0.15) is 31.2 Å². The molecule has 0 aliphatic heterocycles. The Labute approximate surface area is 122 Å². The maximum atomic E-state index is 12.2. The van der Waals surface area contributed by atoms with E-state index in [1.54, 1.807) is 0 Å². The minimum Gasteiger partial charge on any atom is -0.395 e. The van der Waals surface area contributed by atoms with Gasteiger partial charge in [0.2, 0.25) is 5.91 Å². The predicted octanol–water partition coefficient (Wildman–Crippen LogP) is 2.76. The van der Waals surface area contributed by atoms with Crippen LogP contribution < -0.4 is 0 Å². The average molecular weight is 326 g/mol. The van der Waals surface area contributed by atoms with Crippen molar-refractivity contribution >= 4 is 21.8 Å². The predicted molar refractivity (Wildman–Crippen MR) is 78.9 cm³/mol. The lowest BCUT2D eigenvalue weighted by Gasteiger charge is -2.37. The lowest BCUT2D eigenvalue weighted by atomic mass is 9.91. The van der Waals surface area contributed by atoms with Crippen LogP contribution in [0.15, 0.2) is 28.7 Å². The summed E-state index contributed by atoms with van der Waals surface area (Å²) in [5.74, 6) is 0.165. The van der Waals surface area contributed by atoms with Crippen molar-refractivity contribution in [1.29, 1.82) is 0 Å². The van der Waals surface area contributed by atoms with Crippen molar-refractivity contribution in [3.63, 3.8) is 0 Å². The molecule has 0 saturated heterocycles. The smallest absolute Gasteiger partial charge is 0.223 e. The Balaban J connectivity index is 1.88. The van der Waals surface area contributed by atoms with Gasteiger partial charge in [0.25, 0.3) is 0 Å². The molecular weight excluding hydrogens is 306 g/mol. The van der Waals surface area contributed by atoms with Gasteiger partial charge < -0.3 is 10.0 Å². The van der Waals surface area contributed by atoms with Gasteiger partial charge in [-0.3, -0.25) is 4.79 Å². The third-order valence-electron chi connectivity index (χ3n) is 3.69. The summed E-state index contributed by atoms with van der Waals surface area (Å²) in [4.78, 5) is 14.1. The van der Waals surface area contributed by atoms with Gasteiger partial charge in [0.15, 0.2) is 0 Å². The van der Waals surface area contributed by atoms with Crippen LogP contribution in [0.25, 0.3) is 0 Å². The minimum atomic E-state index is 0.0547. The summed E-state index contributed by atoms with van der Waals surface area (Å²) in [7, 11) is 0. The Bertz CT molecular complexity index is 432. The fourth-order valence-electron chi connectivity index (χ4n) is 2.40. The molecule has 104 valence electrons. The summed E-state index contributed by atoms with van der Waals surface area (Å²) < 4.78 is 1.05.